The summed E-state index contributed by atoms with van der Waals surface area (Å²) in [6.45, 7) is 0. The highest BCUT2D eigenvalue weighted by atomic mass is 32.2. The third kappa shape index (κ3) is 3.93. The van der Waals surface area contributed by atoms with Crippen LogP contribution < -0.4 is 19.5 Å². The molecule has 7 heteroatoms. The Bertz CT molecular complexity index is 1310. The molecule has 2 N–H and O–H groups in total. The summed E-state index contributed by atoms with van der Waals surface area (Å²) in [7, 11) is -0.775. The first-order chi connectivity index (χ1) is 16.0. The van der Waals surface area contributed by atoms with Crippen LogP contribution in [0.1, 0.15) is 29.5 Å². The van der Waals surface area contributed by atoms with Crippen molar-refractivity contribution in [2.45, 2.75) is 23.3 Å². The van der Waals surface area contributed by atoms with E-state index >= 15 is 0 Å². The van der Waals surface area contributed by atoms with E-state index in [0.717, 1.165) is 17.7 Å². The summed E-state index contributed by atoms with van der Waals surface area (Å²) in [5, 5.41) is 3.65. The number of ether oxygens (including phenoxy) is 2. The maximum Gasteiger partial charge on any atom is 0.262 e. The third-order valence-corrected chi connectivity index (χ3v) is 7.82. The lowest BCUT2D eigenvalue weighted by Crippen LogP contribution is -2.29. The van der Waals surface area contributed by atoms with Crippen molar-refractivity contribution in [1.82, 2.24) is 0 Å². The van der Waals surface area contributed by atoms with Crippen LogP contribution in [0.4, 0.5) is 11.4 Å². The standard InChI is InChI=1S/C26H26N2O4S/c1-31-18-11-13-24(25(15-18)32-2)28-33(29,30)19-12-14-23-22(16-19)20-9-6-10-21(20)26(27-23)17-7-4-3-5-8-17/h3-9,11-16,20-21,26-28H,10H2,1-2H3/t20-,21+,26+/m0/s1. The maximum absolute atomic E-state index is 13.3. The Hall–Kier alpha value is -3.45. The van der Waals surface area contributed by atoms with Crippen LogP contribution in [0.5, 0.6) is 11.5 Å². The van der Waals surface area contributed by atoms with Crippen LogP contribution in [0.25, 0.3) is 0 Å². The third-order valence-electron chi connectivity index (χ3n) is 6.46. The number of anilines is 2. The number of nitrogens with one attached hydrogen (secondary N) is 2. The van der Waals surface area contributed by atoms with Gasteiger partial charge in [0.1, 0.15) is 11.5 Å². The fraction of sp³-hybridized carbons (Fsp3) is 0.231. The largest absolute Gasteiger partial charge is 0.497 e. The molecule has 33 heavy (non-hydrogen) atoms. The number of methoxy groups -OCH3 is 2. The van der Waals surface area contributed by atoms with Crippen LogP contribution in [0, 0.1) is 5.92 Å². The lowest BCUT2D eigenvalue weighted by Gasteiger charge is -2.37. The van der Waals surface area contributed by atoms with Crippen molar-refractivity contribution in [3.05, 3.63) is 90.0 Å². The maximum atomic E-state index is 13.3. The minimum Gasteiger partial charge on any atom is -0.497 e. The van der Waals surface area contributed by atoms with Gasteiger partial charge in [0.25, 0.3) is 10.0 Å². The minimum absolute atomic E-state index is 0.164. The Morgan fingerprint density at radius 2 is 1.79 bits per heavy atom. The number of allylic oxidation sites excluding steroid dienone is 2. The predicted molar refractivity (Wildman–Crippen MR) is 130 cm³/mol. The fourth-order valence-electron chi connectivity index (χ4n) is 4.82. The van der Waals surface area contributed by atoms with E-state index < -0.39 is 10.0 Å². The van der Waals surface area contributed by atoms with E-state index in [1.54, 1.807) is 37.4 Å². The number of benzene rings is 3. The van der Waals surface area contributed by atoms with Gasteiger partial charge in [0.05, 0.1) is 30.8 Å². The van der Waals surface area contributed by atoms with Gasteiger partial charge in [0.15, 0.2) is 0 Å². The van der Waals surface area contributed by atoms with Gasteiger partial charge in [-0.3, -0.25) is 4.72 Å². The quantitative estimate of drug-likeness (QED) is 0.484. The Morgan fingerprint density at radius 3 is 2.55 bits per heavy atom. The highest BCUT2D eigenvalue weighted by Gasteiger charge is 2.38. The van der Waals surface area contributed by atoms with Crippen molar-refractivity contribution in [3.8, 4) is 11.5 Å². The zero-order chi connectivity index (χ0) is 23.0. The molecule has 0 saturated carbocycles. The molecular formula is C26H26N2O4S. The molecule has 1 aliphatic carbocycles. The fourth-order valence-corrected chi connectivity index (χ4v) is 5.92. The van der Waals surface area contributed by atoms with Gasteiger partial charge in [-0.1, -0.05) is 42.5 Å². The molecule has 1 aliphatic heterocycles. The van der Waals surface area contributed by atoms with E-state index in [2.05, 4.69) is 46.5 Å². The van der Waals surface area contributed by atoms with Gasteiger partial charge in [0.2, 0.25) is 0 Å². The van der Waals surface area contributed by atoms with Gasteiger partial charge >= 0.3 is 0 Å². The van der Waals surface area contributed by atoms with Crippen molar-refractivity contribution in [3.63, 3.8) is 0 Å². The van der Waals surface area contributed by atoms with Gasteiger partial charge < -0.3 is 14.8 Å². The molecule has 0 unspecified atom stereocenters. The van der Waals surface area contributed by atoms with E-state index in [0.29, 0.717) is 23.1 Å². The van der Waals surface area contributed by atoms with Gasteiger partial charge in [-0.05, 0) is 53.8 Å². The van der Waals surface area contributed by atoms with E-state index in [4.69, 9.17) is 9.47 Å². The molecule has 1 heterocycles. The van der Waals surface area contributed by atoms with Crippen molar-refractivity contribution < 1.29 is 17.9 Å². The molecule has 6 nitrogen and oxygen atoms in total. The highest BCUT2D eigenvalue weighted by molar-refractivity contribution is 7.92. The van der Waals surface area contributed by atoms with E-state index in [-0.39, 0.29) is 16.9 Å². The van der Waals surface area contributed by atoms with Crippen molar-refractivity contribution in [2.75, 3.05) is 24.3 Å². The molecule has 3 atom stereocenters. The summed E-state index contributed by atoms with van der Waals surface area (Å²) in [5.74, 6) is 1.48. The summed E-state index contributed by atoms with van der Waals surface area (Å²) in [6, 6.07) is 20.9. The van der Waals surface area contributed by atoms with Crippen LogP contribution in [0.3, 0.4) is 0 Å². The normalized spacial score (nSPS) is 21.0. The molecule has 0 amide bonds. The smallest absolute Gasteiger partial charge is 0.262 e. The molecule has 3 aromatic rings. The Kier molecular flexibility index (Phi) is 5.50. The Morgan fingerprint density at radius 1 is 0.970 bits per heavy atom. The summed E-state index contributed by atoms with van der Waals surface area (Å²) in [5.41, 5.74) is 3.58. The topological polar surface area (TPSA) is 76.7 Å². The molecule has 5 rings (SSSR count). The molecule has 0 bridgehead atoms. The molecule has 0 fully saturated rings. The second kappa shape index (κ2) is 8.48. The van der Waals surface area contributed by atoms with Crippen LogP contribution in [0.15, 0.2) is 83.8 Å². The van der Waals surface area contributed by atoms with Crippen LogP contribution in [0.2, 0.25) is 0 Å². The lowest BCUT2D eigenvalue weighted by atomic mass is 9.77. The average molecular weight is 463 g/mol. The predicted octanol–water partition coefficient (Wildman–Crippen LogP) is 5.33. The molecule has 0 radical (unpaired) electrons. The minimum atomic E-state index is -3.82. The second-order valence-corrected chi connectivity index (χ2v) is 9.99. The number of hydrogen-bond acceptors (Lipinski definition) is 5. The lowest BCUT2D eigenvalue weighted by molar-refractivity contribution is 0.395. The summed E-state index contributed by atoms with van der Waals surface area (Å²) >= 11 is 0. The van der Waals surface area contributed by atoms with Crippen molar-refractivity contribution >= 4 is 21.4 Å². The molecule has 0 aromatic heterocycles. The molecule has 3 aromatic carbocycles. The molecular weight excluding hydrogens is 436 g/mol. The van der Waals surface area contributed by atoms with E-state index in [9.17, 15) is 8.42 Å². The second-order valence-electron chi connectivity index (χ2n) is 8.31. The summed E-state index contributed by atoms with van der Waals surface area (Å²) < 4.78 is 39.7. The van der Waals surface area contributed by atoms with Gasteiger partial charge in [-0.25, -0.2) is 8.42 Å². The highest BCUT2D eigenvalue weighted by Crippen LogP contribution is 2.50. The molecule has 170 valence electrons. The Balaban J connectivity index is 1.48. The van der Waals surface area contributed by atoms with Crippen molar-refractivity contribution in [2.24, 2.45) is 5.92 Å². The van der Waals surface area contributed by atoms with Gasteiger partial charge in [-0.15, -0.1) is 0 Å². The van der Waals surface area contributed by atoms with Crippen LogP contribution >= 0.6 is 0 Å². The molecule has 0 saturated heterocycles. The number of rotatable bonds is 6. The molecule has 2 aliphatic rings. The monoisotopic (exact) mass is 462 g/mol. The van der Waals surface area contributed by atoms with Crippen LogP contribution in [-0.2, 0) is 10.0 Å². The van der Waals surface area contributed by atoms with Crippen LogP contribution in [-0.4, -0.2) is 22.6 Å². The zero-order valence-electron chi connectivity index (χ0n) is 18.5. The SMILES string of the molecule is COc1ccc(NS(=O)(=O)c2ccc3c(c2)[C@H]2C=CC[C@H]2[C@@H](c2ccccc2)N3)c(OC)c1. The Labute approximate surface area is 194 Å². The van der Waals surface area contributed by atoms with E-state index in [1.807, 2.05) is 12.1 Å². The number of sulfonamides is 1. The first-order valence-electron chi connectivity index (χ1n) is 10.9. The van der Waals surface area contributed by atoms with Gasteiger partial charge in [0, 0.05) is 17.7 Å². The first kappa shape index (κ1) is 21.4. The van der Waals surface area contributed by atoms with E-state index in [1.165, 1.54) is 12.7 Å². The van der Waals surface area contributed by atoms with Gasteiger partial charge in [-0.2, -0.15) is 0 Å². The molecule has 0 spiro atoms. The number of fused-ring (bicyclic) bond motifs is 3. The van der Waals surface area contributed by atoms with Crippen molar-refractivity contribution in [1.29, 1.82) is 0 Å². The average Bonchev–Trinajstić information content (AvgIpc) is 3.34. The number of hydrogen-bond donors (Lipinski definition) is 2. The zero-order valence-corrected chi connectivity index (χ0v) is 19.3. The summed E-state index contributed by atoms with van der Waals surface area (Å²) in [6.07, 6.45) is 5.36. The summed E-state index contributed by atoms with van der Waals surface area (Å²) in [4.78, 5) is 0.220. The first-order valence-corrected chi connectivity index (χ1v) is 12.4.